The minimum atomic E-state index is -0.448. The molecular weight excluding hydrogens is 274 g/mol. The second kappa shape index (κ2) is 11.6. The second-order valence-electron chi connectivity index (χ2n) is 6.25. The first-order chi connectivity index (χ1) is 10.7. The summed E-state index contributed by atoms with van der Waals surface area (Å²) in [5.41, 5.74) is 0.913. The van der Waals surface area contributed by atoms with E-state index in [0.29, 0.717) is 25.8 Å². The number of nitrogens with one attached hydrogen (secondary N) is 1. The predicted molar refractivity (Wildman–Crippen MR) is 94.0 cm³/mol. The number of ether oxygens (including phenoxy) is 1. The van der Waals surface area contributed by atoms with Gasteiger partial charge in [0.1, 0.15) is 0 Å². The van der Waals surface area contributed by atoms with E-state index < -0.39 is 6.10 Å². The molecule has 0 aliphatic heterocycles. The van der Waals surface area contributed by atoms with Crippen molar-refractivity contribution in [1.29, 1.82) is 0 Å². The maximum absolute atomic E-state index is 9.96. The van der Waals surface area contributed by atoms with Gasteiger partial charge >= 0.3 is 0 Å². The molecule has 22 heavy (non-hydrogen) atoms. The Bertz CT molecular complexity index is 354. The van der Waals surface area contributed by atoms with Crippen LogP contribution >= 0.6 is 0 Å². The highest BCUT2D eigenvalue weighted by atomic mass is 16.5. The molecule has 1 saturated carbocycles. The lowest BCUT2D eigenvalue weighted by Gasteiger charge is -2.29. The first-order valence-corrected chi connectivity index (χ1v) is 8.62. The van der Waals surface area contributed by atoms with Gasteiger partial charge in [0.2, 0.25) is 0 Å². The molecule has 0 saturated heterocycles. The monoisotopic (exact) mass is 307 g/mol. The van der Waals surface area contributed by atoms with Gasteiger partial charge in [-0.2, -0.15) is 0 Å². The Morgan fingerprint density at radius 1 is 1.32 bits per heavy atom. The van der Waals surface area contributed by atoms with Gasteiger partial charge in [-0.1, -0.05) is 44.2 Å². The summed E-state index contributed by atoms with van der Waals surface area (Å²) in [6, 6.07) is 0.566. The molecule has 1 aliphatic carbocycles. The van der Waals surface area contributed by atoms with E-state index in [1.54, 1.807) is 0 Å². The third-order valence-electron chi connectivity index (χ3n) is 4.30. The molecule has 0 spiro atoms. The maximum atomic E-state index is 9.96. The van der Waals surface area contributed by atoms with Crippen molar-refractivity contribution in [3.05, 3.63) is 36.5 Å². The fourth-order valence-corrected chi connectivity index (χ4v) is 2.81. The van der Waals surface area contributed by atoms with Gasteiger partial charge in [-0.05, 0) is 44.1 Å². The molecule has 1 rings (SSSR count). The van der Waals surface area contributed by atoms with E-state index in [2.05, 4.69) is 18.8 Å². The van der Waals surface area contributed by atoms with Gasteiger partial charge in [-0.25, -0.2) is 0 Å². The molecule has 1 aliphatic rings. The highest BCUT2D eigenvalue weighted by molar-refractivity contribution is 5.19. The summed E-state index contributed by atoms with van der Waals surface area (Å²) in [6.07, 6.45) is 13.7. The third kappa shape index (κ3) is 8.52. The Balaban J connectivity index is 2.06. The van der Waals surface area contributed by atoms with Crippen molar-refractivity contribution in [1.82, 2.24) is 5.32 Å². The van der Waals surface area contributed by atoms with Crippen LogP contribution in [0.4, 0.5) is 0 Å². The lowest BCUT2D eigenvalue weighted by Crippen LogP contribution is -2.39. The molecule has 2 N–H and O–H groups in total. The Kier molecular flexibility index (Phi) is 10.1. The summed E-state index contributed by atoms with van der Waals surface area (Å²) in [5, 5.41) is 13.4. The molecule has 0 aromatic heterocycles. The number of aliphatic hydroxyl groups excluding tert-OH is 1. The molecule has 1 fully saturated rings. The van der Waals surface area contributed by atoms with Crippen molar-refractivity contribution in [2.75, 3.05) is 19.8 Å². The number of aliphatic hydroxyl groups is 1. The SMILES string of the molecule is C=C(/C=C\C=C/C)COC[C@@H](O)CNC1CCC(CC)CC1. The summed E-state index contributed by atoms with van der Waals surface area (Å²) in [5.74, 6) is 0.910. The largest absolute Gasteiger partial charge is 0.389 e. The van der Waals surface area contributed by atoms with Gasteiger partial charge in [-0.15, -0.1) is 0 Å². The molecule has 0 unspecified atom stereocenters. The fraction of sp³-hybridized carbons (Fsp3) is 0.684. The standard InChI is InChI=1S/C19H33NO2/c1-4-6-7-8-16(3)14-22-15-19(21)13-20-18-11-9-17(5-2)10-12-18/h4,6-8,17-21H,3,5,9-15H2,1-2H3/b6-4-,8-7-/t17?,18?,19-/m0/s1. The average Bonchev–Trinajstić information content (AvgIpc) is 2.53. The van der Waals surface area contributed by atoms with E-state index in [-0.39, 0.29) is 0 Å². The molecule has 0 aromatic carbocycles. The van der Waals surface area contributed by atoms with Crippen LogP contribution in [0.1, 0.15) is 46.0 Å². The van der Waals surface area contributed by atoms with Crippen LogP contribution in [0.25, 0.3) is 0 Å². The summed E-state index contributed by atoms with van der Waals surface area (Å²) >= 11 is 0. The third-order valence-corrected chi connectivity index (χ3v) is 4.30. The first kappa shape index (κ1) is 19.1. The molecule has 1 atom stereocenters. The highest BCUT2D eigenvalue weighted by Gasteiger charge is 2.20. The first-order valence-electron chi connectivity index (χ1n) is 8.62. The smallest absolute Gasteiger partial charge is 0.0897 e. The number of rotatable bonds is 10. The molecule has 3 nitrogen and oxygen atoms in total. The Labute approximate surface area is 136 Å². The van der Waals surface area contributed by atoms with E-state index in [0.717, 1.165) is 11.5 Å². The Morgan fingerprint density at radius 3 is 2.68 bits per heavy atom. The Morgan fingerprint density at radius 2 is 2.05 bits per heavy atom. The van der Waals surface area contributed by atoms with Crippen LogP contribution in [0.15, 0.2) is 36.5 Å². The van der Waals surface area contributed by atoms with Gasteiger partial charge in [0.25, 0.3) is 0 Å². The Hall–Kier alpha value is -0.900. The molecule has 0 aromatic rings. The zero-order valence-electron chi connectivity index (χ0n) is 14.3. The lowest BCUT2D eigenvalue weighted by molar-refractivity contribution is 0.0450. The van der Waals surface area contributed by atoms with Gasteiger partial charge in [0, 0.05) is 12.6 Å². The summed E-state index contributed by atoms with van der Waals surface area (Å²) < 4.78 is 5.50. The van der Waals surface area contributed by atoms with Crippen LogP contribution in [0, 0.1) is 5.92 Å². The number of hydrogen-bond acceptors (Lipinski definition) is 3. The van der Waals surface area contributed by atoms with Crippen molar-refractivity contribution >= 4 is 0 Å². The van der Waals surface area contributed by atoms with Gasteiger partial charge < -0.3 is 15.2 Å². The van der Waals surface area contributed by atoms with Crippen molar-refractivity contribution in [3.8, 4) is 0 Å². The van der Waals surface area contributed by atoms with Crippen LogP contribution in [-0.2, 0) is 4.74 Å². The minimum absolute atomic E-state index is 0.355. The fourth-order valence-electron chi connectivity index (χ4n) is 2.81. The maximum Gasteiger partial charge on any atom is 0.0897 e. The predicted octanol–water partition coefficient (Wildman–Crippen LogP) is 3.61. The van der Waals surface area contributed by atoms with Crippen molar-refractivity contribution in [2.45, 2.75) is 58.1 Å². The van der Waals surface area contributed by atoms with E-state index >= 15 is 0 Å². The van der Waals surface area contributed by atoms with Crippen molar-refractivity contribution in [3.63, 3.8) is 0 Å². The molecule has 0 heterocycles. The summed E-state index contributed by atoms with van der Waals surface area (Å²) in [7, 11) is 0. The van der Waals surface area contributed by atoms with Crippen LogP contribution in [0.2, 0.25) is 0 Å². The lowest BCUT2D eigenvalue weighted by atomic mass is 9.84. The molecule has 0 radical (unpaired) electrons. The van der Waals surface area contributed by atoms with E-state index in [1.807, 2.05) is 31.2 Å². The number of allylic oxidation sites excluding steroid dienone is 3. The van der Waals surface area contributed by atoms with Crippen LogP contribution < -0.4 is 5.32 Å². The highest BCUT2D eigenvalue weighted by Crippen LogP contribution is 2.26. The second-order valence-corrected chi connectivity index (χ2v) is 6.25. The van der Waals surface area contributed by atoms with Gasteiger partial charge in [0.15, 0.2) is 0 Å². The molecule has 0 bridgehead atoms. The van der Waals surface area contributed by atoms with Crippen LogP contribution in [0.5, 0.6) is 0 Å². The van der Waals surface area contributed by atoms with Crippen LogP contribution in [-0.4, -0.2) is 37.0 Å². The molecule has 0 amide bonds. The molecule has 126 valence electrons. The number of hydrogen-bond donors (Lipinski definition) is 2. The van der Waals surface area contributed by atoms with Gasteiger partial charge in [0.05, 0.1) is 19.3 Å². The average molecular weight is 307 g/mol. The summed E-state index contributed by atoms with van der Waals surface area (Å²) in [4.78, 5) is 0. The molecule has 3 heteroatoms. The zero-order chi connectivity index (χ0) is 16.2. The van der Waals surface area contributed by atoms with Crippen LogP contribution in [0.3, 0.4) is 0 Å². The minimum Gasteiger partial charge on any atom is -0.389 e. The normalized spacial score (nSPS) is 24.1. The topological polar surface area (TPSA) is 41.5 Å². The zero-order valence-corrected chi connectivity index (χ0v) is 14.3. The van der Waals surface area contributed by atoms with Gasteiger partial charge in [-0.3, -0.25) is 0 Å². The summed E-state index contributed by atoms with van der Waals surface area (Å²) in [6.45, 7) is 9.60. The van der Waals surface area contributed by atoms with Crippen molar-refractivity contribution in [2.24, 2.45) is 5.92 Å². The van der Waals surface area contributed by atoms with E-state index in [4.69, 9.17) is 4.74 Å². The quantitative estimate of drug-likeness (QED) is 0.606. The van der Waals surface area contributed by atoms with Crippen molar-refractivity contribution < 1.29 is 9.84 Å². The van der Waals surface area contributed by atoms with E-state index in [9.17, 15) is 5.11 Å². The van der Waals surface area contributed by atoms with E-state index in [1.165, 1.54) is 32.1 Å². The molecular formula is C19H33NO2.